The van der Waals surface area contributed by atoms with Gasteiger partial charge in [-0.3, -0.25) is 0 Å². The van der Waals surface area contributed by atoms with Crippen molar-refractivity contribution < 1.29 is 17.6 Å². The number of unbranched alkanes of at least 4 members (excludes halogenated alkanes) is 3. The fraction of sp³-hybridized carbons (Fsp3) is 0.647. The largest absolute Gasteiger partial charge is 0.422 e. The van der Waals surface area contributed by atoms with Crippen LogP contribution in [0.25, 0.3) is 0 Å². The van der Waals surface area contributed by atoms with Crippen LogP contribution >= 0.6 is 0 Å². The van der Waals surface area contributed by atoms with Crippen LogP contribution in [-0.2, 0) is 10.8 Å². The number of rotatable bonds is 10. The molecule has 0 saturated heterocycles. The summed E-state index contributed by atoms with van der Waals surface area (Å²) >= 11 is 0. The predicted octanol–water partition coefficient (Wildman–Crippen LogP) is 4.45. The molecule has 126 valence electrons. The van der Waals surface area contributed by atoms with Crippen molar-refractivity contribution in [1.29, 1.82) is 0 Å². The van der Waals surface area contributed by atoms with E-state index in [1.165, 1.54) is 0 Å². The molecule has 1 nitrogen and oxygen atoms in total. The standard InChI is InChI=1S/C17H27F3OSi/c1-3-17(4-2,21-22)10-8-6-5-7-9-14-15(19)11-13(18)12-16(14)20/h11-12H,3-10H2,1-2,22H3. The summed E-state index contributed by atoms with van der Waals surface area (Å²) < 4.78 is 45.6. The van der Waals surface area contributed by atoms with Gasteiger partial charge in [-0.05, 0) is 32.1 Å². The molecule has 0 aliphatic heterocycles. The van der Waals surface area contributed by atoms with Crippen LogP contribution in [0, 0.1) is 17.5 Å². The highest BCUT2D eigenvalue weighted by Crippen LogP contribution is 2.26. The molecule has 1 aromatic rings. The lowest BCUT2D eigenvalue weighted by Gasteiger charge is -2.31. The molecule has 0 saturated carbocycles. The quantitative estimate of drug-likeness (QED) is 0.454. The summed E-state index contributed by atoms with van der Waals surface area (Å²) in [5.41, 5.74) is 0.0299. The summed E-state index contributed by atoms with van der Waals surface area (Å²) in [6, 6.07) is 1.50. The molecular formula is C17H27F3OSi. The first-order valence-corrected chi connectivity index (χ1v) is 8.98. The highest BCUT2D eigenvalue weighted by Gasteiger charge is 2.23. The molecule has 22 heavy (non-hydrogen) atoms. The van der Waals surface area contributed by atoms with Crippen LogP contribution < -0.4 is 0 Å². The van der Waals surface area contributed by atoms with Crippen molar-refractivity contribution in [3.05, 3.63) is 35.1 Å². The SMILES string of the molecule is CCC(CC)(CCCCCCc1c(F)cc(F)cc1F)O[SiH3]. The number of benzene rings is 1. The fourth-order valence-corrected chi connectivity index (χ4v) is 3.69. The molecule has 1 rings (SSSR count). The van der Waals surface area contributed by atoms with Gasteiger partial charge in [0.1, 0.15) is 27.9 Å². The molecule has 0 amide bonds. The Morgan fingerprint density at radius 3 is 2.00 bits per heavy atom. The van der Waals surface area contributed by atoms with E-state index in [9.17, 15) is 13.2 Å². The molecule has 0 spiro atoms. The average molecular weight is 332 g/mol. The maximum Gasteiger partial charge on any atom is 0.146 e. The number of hydrogen-bond acceptors (Lipinski definition) is 1. The molecule has 0 atom stereocenters. The van der Waals surface area contributed by atoms with Gasteiger partial charge in [0.25, 0.3) is 0 Å². The van der Waals surface area contributed by atoms with Crippen LogP contribution in [0.15, 0.2) is 12.1 Å². The highest BCUT2D eigenvalue weighted by molar-refractivity contribution is 5.98. The van der Waals surface area contributed by atoms with E-state index < -0.39 is 17.5 Å². The third kappa shape index (κ3) is 5.43. The lowest BCUT2D eigenvalue weighted by molar-refractivity contribution is 0.0583. The highest BCUT2D eigenvalue weighted by atomic mass is 28.2. The van der Waals surface area contributed by atoms with Gasteiger partial charge in [0.2, 0.25) is 0 Å². The van der Waals surface area contributed by atoms with Crippen LogP contribution in [0.4, 0.5) is 13.2 Å². The van der Waals surface area contributed by atoms with Gasteiger partial charge in [-0.1, -0.05) is 33.1 Å². The first kappa shape index (κ1) is 19.2. The first-order chi connectivity index (χ1) is 10.5. The molecule has 0 radical (unpaired) electrons. The number of hydrogen-bond donors (Lipinski definition) is 0. The summed E-state index contributed by atoms with van der Waals surface area (Å²) in [4.78, 5) is 0. The van der Waals surface area contributed by atoms with Crippen molar-refractivity contribution in [1.82, 2.24) is 0 Å². The monoisotopic (exact) mass is 332 g/mol. The molecule has 0 heterocycles. The predicted molar refractivity (Wildman–Crippen MR) is 87.4 cm³/mol. The Labute approximate surface area is 134 Å². The maximum atomic E-state index is 13.5. The molecule has 0 bridgehead atoms. The smallest absolute Gasteiger partial charge is 0.146 e. The van der Waals surface area contributed by atoms with Crippen molar-refractivity contribution >= 4 is 10.5 Å². The molecule has 0 aliphatic carbocycles. The molecule has 0 unspecified atom stereocenters. The van der Waals surface area contributed by atoms with Gasteiger partial charge in [0.05, 0.1) is 5.60 Å². The molecule has 0 aliphatic rings. The van der Waals surface area contributed by atoms with Crippen LogP contribution in [0.2, 0.25) is 0 Å². The molecule has 0 fully saturated rings. The van der Waals surface area contributed by atoms with Gasteiger partial charge >= 0.3 is 0 Å². The summed E-state index contributed by atoms with van der Waals surface area (Å²) in [6.07, 6.45) is 7.14. The van der Waals surface area contributed by atoms with Gasteiger partial charge in [-0.15, -0.1) is 0 Å². The second-order valence-electron chi connectivity index (χ2n) is 5.86. The van der Waals surface area contributed by atoms with Gasteiger partial charge in [0, 0.05) is 17.7 Å². The van der Waals surface area contributed by atoms with Gasteiger partial charge in [-0.2, -0.15) is 0 Å². The van der Waals surface area contributed by atoms with Crippen LogP contribution in [-0.4, -0.2) is 16.1 Å². The first-order valence-electron chi connectivity index (χ1n) is 8.16. The van der Waals surface area contributed by atoms with Gasteiger partial charge < -0.3 is 4.43 Å². The van der Waals surface area contributed by atoms with E-state index in [0.717, 1.165) is 61.1 Å². The topological polar surface area (TPSA) is 9.23 Å². The normalized spacial score (nSPS) is 12.0. The molecule has 0 N–H and O–H groups in total. The molecule has 5 heteroatoms. The lowest BCUT2D eigenvalue weighted by atomic mass is 9.90. The summed E-state index contributed by atoms with van der Waals surface area (Å²) in [7, 11) is 0.751. The Balaban J connectivity index is 2.32. The Morgan fingerprint density at radius 1 is 0.955 bits per heavy atom. The van der Waals surface area contributed by atoms with E-state index in [0.29, 0.717) is 12.8 Å². The van der Waals surface area contributed by atoms with Crippen molar-refractivity contribution in [3.8, 4) is 0 Å². The minimum absolute atomic E-state index is 0.000699. The molecular weight excluding hydrogens is 305 g/mol. The minimum Gasteiger partial charge on any atom is -0.422 e. The molecule has 1 aromatic carbocycles. The fourth-order valence-electron chi connectivity index (χ4n) is 2.91. The van der Waals surface area contributed by atoms with Gasteiger partial charge in [0.15, 0.2) is 0 Å². The summed E-state index contributed by atoms with van der Waals surface area (Å²) in [5.74, 6) is -2.42. The number of halogens is 3. The van der Waals surface area contributed by atoms with E-state index in [2.05, 4.69) is 13.8 Å². The van der Waals surface area contributed by atoms with Crippen LogP contribution in [0.1, 0.15) is 64.4 Å². The summed E-state index contributed by atoms with van der Waals surface area (Å²) in [5, 5.41) is 0. The third-order valence-corrected chi connectivity index (χ3v) is 5.50. The lowest BCUT2D eigenvalue weighted by Crippen LogP contribution is -2.30. The Morgan fingerprint density at radius 2 is 1.50 bits per heavy atom. The van der Waals surface area contributed by atoms with Crippen LogP contribution in [0.5, 0.6) is 0 Å². The van der Waals surface area contributed by atoms with Crippen LogP contribution in [0.3, 0.4) is 0 Å². The van der Waals surface area contributed by atoms with E-state index in [4.69, 9.17) is 4.43 Å². The van der Waals surface area contributed by atoms with Crippen molar-refractivity contribution in [3.63, 3.8) is 0 Å². The minimum atomic E-state index is -0.864. The zero-order valence-electron chi connectivity index (χ0n) is 13.9. The van der Waals surface area contributed by atoms with Gasteiger partial charge in [-0.25, -0.2) is 13.2 Å². The van der Waals surface area contributed by atoms with Crippen molar-refractivity contribution in [2.24, 2.45) is 0 Å². The van der Waals surface area contributed by atoms with E-state index in [1.54, 1.807) is 0 Å². The second-order valence-corrected chi connectivity index (χ2v) is 6.26. The van der Waals surface area contributed by atoms with E-state index in [1.807, 2.05) is 0 Å². The summed E-state index contributed by atoms with van der Waals surface area (Å²) in [6.45, 7) is 4.31. The van der Waals surface area contributed by atoms with E-state index >= 15 is 0 Å². The Hall–Kier alpha value is -0.813. The zero-order chi connectivity index (χ0) is 16.6. The molecule has 0 aromatic heterocycles. The second kappa shape index (κ2) is 9.35. The Bertz CT molecular complexity index is 430. The average Bonchev–Trinajstić information content (AvgIpc) is 2.49. The van der Waals surface area contributed by atoms with Crippen molar-refractivity contribution in [2.45, 2.75) is 70.8 Å². The van der Waals surface area contributed by atoms with E-state index in [-0.39, 0.29) is 11.2 Å². The van der Waals surface area contributed by atoms with Crippen molar-refractivity contribution in [2.75, 3.05) is 0 Å². The zero-order valence-corrected chi connectivity index (χ0v) is 15.9. The third-order valence-electron chi connectivity index (χ3n) is 4.64. The Kier molecular flexibility index (Phi) is 8.18. The maximum absolute atomic E-state index is 13.5.